The first-order valence-electron chi connectivity index (χ1n) is 6.87. The molecule has 2 aromatic rings. The van der Waals surface area contributed by atoms with Gasteiger partial charge in [0.05, 0.1) is 7.11 Å². The molecule has 0 aliphatic heterocycles. The first kappa shape index (κ1) is 18.0. The number of carbonyl (C=O) groups is 1. The summed E-state index contributed by atoms with van der Waals surface area (Å²) in [5, 5.41) is 10.9. The molecule has 1 atom stereocenters. The van der Waals surface area contributed by atoms with Gasteiger partial charge in [0.15, 0.2) is 0 Å². The third-order valence-electron chi connectivity index (χ3n) is 3.23. The number of carbonyl (C=O) groups excluding carboxylic acids is 1. The molecule has 132 valence electrons. The number of hydrogen-bond donors (Lipinski definition) is 2. The molecule has 0 heterocycles. The summed E-state index contributed by atoms with van der Waals surface area (Å²) in [5.41, 5.74) is 2.02. The summed E-state index contributed by atoms with van der Waals surface area (Å²) >= 11 is 0. The van der Waals surface area contributed by atoms with E-state index in [9.17, 15) is 9.59 Å². The third kappa shape index (κ3) is 4.49. The zero-order chi connectivity index (χ0) is 16.7. The minimum atomic E-state index is -1.18. The van der Waals surface area contributed by atoms with Crippen LogP contribution >= 0.6 is 0 Å². The number of ether oxygens (including phenoxy) is 2. The predicted octanol–water partition coefficient (Wildman–Crippen LogP) is 1.85. The van der Waals surface area contributed by atoms with Crippen molar-refractivity contribution in [3.05, 3.63) is 48.5 Å². The van der Waals surface area contributed by atoms with Crippen LogP contribution in [0.3, 0.4) is 0 Å². The van der Waals surface area contributed by atoms with Gasteiger partial charge in [-0.25, -0.2) is 4.79 Å². The molecule has 0 aliphatic rings. The van der Waals surface area contributed by atoms with Crippen LogP contribution in [-0.2, 0) is 9.59 Å². The van der Waals surface area contributed by atoms with Gasteiger partial charge in [0.25, 0.3) is 0 Å². The second-order valence-electron chi connectivity index (χ2n) is 4.70. The molecule has 7 heteroatoms. The maximum atomic E-state index is 10.9. The Kier molecular flexibility index (Phi) is 6.33. The van der Waals surface area contributed by atoms with Crippen LogP contribution in [-0.4, -0.2) is 37.2 Å². The van der Waals surface area contributed by atoms with E-state index < -0.39 is 12.0 Å². The fraction of sp³-hybridized carbons (Fsp3) is 0.176. The van der Waals surface area contributed by atoms with E-state index >= 15 is 0 Å². The molecular weight excluding hydrogens is 555 g/mol. The summed E-state index contributed by atoms with van der Waals surface area (Å²) in [6.45, 7) is -0.174. The Labute approximate surface area is 133 Å². The topological polar surface area (TPSA) is 84.9 Å². The van der Waals surface area contributed by atoms with Crippen molar-refractivity contribution in [2.75, 3.05) is 13.7 Å². The largest absolute Gasteiger partial charge is 0.520 e. The van der Waals surface area contributed by atoms with Crippen molar-refractivity contribution in [2.24, 2.45) is 0 Å². The van der Waals surface area contributed by atoms with E-state index in [1.165, 1.54) is 6.41 Å². The normalized spacial score (nSPS) is 10.9. The quantitative estimate of drug-likeness (QED) is 0.374. The summed E-state index contributed by atoms with van der Waals surface area (Å²) in [5.74, 6) is 0.123. The first-order chi connectivity index (χ1) is 11.1. The molecule has 0 fully saturated rings. The minimum absolute atomic E-state index is 0. The summed E-state index contributed by atoms with van der Waals surface area (Å²) in [6, 6.07) is 13.7. The van der Waals surface area contributed by atoms with E-state index in [0.29, 0.717) is 5.75 Å². The van der Waals surface area contributed by atoms with Gasteiger partial charge in [-0.15, -0.1) is 0 Å². The number of amides is 1. The number of benzene rings is 2. The van der Waals surface area contributed by atoms with Crippen LogP contribution < -0.4 is 14.8 Å². The van der Waals surface area contributed by atoms with E-state index in [0.717, 1.165) is 16.9 Å². The van der Waals surface area contributed by atoms with Crippen LogP contribution in [0.2, 0.25) is 0 Å². The van der Waals surface area contributed by atoms with Crippen molar-refractivity contribution in [1.82, 2.24) is 5.32 Å². The van der Waals surface area contributed by atoms with Crippen molar-refractivity contribution in [1.29, 1.82) is 0 Å². The van der Waals surface area contributed by atoms with Crippen LogP contribution in [0.5, 0.6) is 11.5 Å². The monoisotopic (exact) mass is 571 g/mol. The molecule has 1 amide bonds. The number of carboxylic acids is 1. The van der Waals surface area contributed by atoms with E-state index in [-0.39, 0.29) is 6.61 Å². The fourth-order valence-corrected chi connectivity index (χ4v) is 1.95. The smallest absolute Gasteiger partial charge is 0.327 e. The molecule has 2 rings (SSSR count). The van der Waals surface area contributed by atoms with E-state index in [4.69, 9.17) is 14.6 Å². The number of carboxylic acid groups (broad SMARTS) is 1. The second kappa shape index (κ2) is 8.43. The molecule has 0 aromatic heterocycles. The average molecular weight is 571 g/mol. The molecular formula is C17H16FmNO5-. The van der Waals surface area contributed by atoms with Gasteiger partial charge in [-0.05, 0) is 35.4 Å². The van der Waals surface area contributed by atoms with Crippen LogP contribution in [0.1, 0.15) is 0 Å². The van der Waals surface area contributed by atoms with Crippen molar-refractivity contribution in [3.63, 3.8) is 0 Å². The Morgan fingerprint density at radius 1 is 1.08 bits per heavy atom. The summed E-state index contributed by atoms with van der Waals surface area (Å²) in [7, 11) is 1.61. The Hall–Kier alpha value is -4.02. The number of methoxy groups -OCH3 is 1. The van der Waals surface area contributed by atoms with Crippen molar-refractivity contribution < 1.29 is 24.2 Å². The van der Waals surface area contributed by atoms with Crippen LogP contribution in [0.25, 0.3) is 11.1 Å². The van der Waals surface area contributed by atoms with Gasteiger partial charge in [0.2, 0.25) is 0 Å². The molecule has 0 radical (unpaired) electrons. The molecule has 0 spiro atoms. The maximum Gasteiger partial charge on any atom is 0.327 e. The molecule has 24 heavy (non-hydrogen) atoms. The molecule has 0 aliphatic carbocycles. The standard InChI is InChI=1S/C17H16NO5.Fm/c1-22-14-6-2-12(3-7-14)13-4-8-15(9-5-13)23-10-16(17(20)21)18-11-19;/h2-9,16H,10H2,1H3,(H,18,19)(H,20,21);/q-1;. The average Bonchev–Trinajstić information content (AvgIpc) is 2.59. The Morgan fingerprint density at radius 2 is 1.58 bits per heavy atom. The van der Waals surface area contributed by atoms with Gasteiger partial charge < -0.3 is 24.7 Å². The Morgan fingerprint density at radius 3 is 2.00 bits per heavy atom. The van der Waals surface area contributed by atoms with E-state index in [1.807, 2.05) is 36.4 Å². The van der Waals surface area contributed by atoms with Gasteiger partial charge in [-0.3, -0.25) is 0 Å². The van der Waals surface area contributed by atoms with Gasteiger partial charge in [-0.2, -0.15) is 6.41 Å². The maximum absolute atomic E-state index is 10.9. The summed E-state index contributed by atoms with van der Waals surface area (Å²) in [4.78, 5) is 21.1. The van der Waals surface area contributed by atoms with Crippen LogP contribution in [0.15, 0.2) is 48.5 Å². The Bertz CT molecular complexity index is 658. The SMILES string of the molecule is COc1ccc(-c2ccc(OCC(N[C-]=O)C(=O)O)cc2)cc1.[Fm]. The molecule has 0 saturated carbocycles. The van der Waals surface area contributed by atoms with E-state index in [2.05, 4.69) is 5.32 Å². The van der Waals surface area contributed by atoms with Crippen LogP contribution in [0, 0.1) is 0 Å². The Balaban J connectivity index is 0.00000288. The molecule has 2 aromatic carbocycles. The number of nitrogens with one attached hydrogen (secondary N) is 1. The number of rotatable bonds is 8. The molecule has 2 N–H and O–H groups in total. The zero-order valence-electron chi connectivity index (χ0n) is 12.8. The molecule has 0 saturated heterocycles. The van der Waals surface area contributed by atoms with Crippen molar-refractivity contribution >= 4 is 12.4 Å². The number of hydrogen-bond acceptors (Lipinski definition) is 4. The van der Waals surface area contributed by atoms with Gasteiger partial charge in [0, 0.05) is 0 Å². The van der Waals surface area contributed by atoms with Gasteiger partial charge in [-0.1, -0.05) is 24.3 Å². The van der Waals surface area contributed by atoms with Gasteiger partial charge in [0.1, 0.15) is 24.1 Å². The first-order valence-corrected chi connectivity index (χ1v) is 6.87. The zero-order valence-corrected chi connectivity index (χ0v) is 15.2. The van der Waals surface area contributed by atoms with Gasteiger partial charge >= 0.3 is 5.97 Å². The predicted molar refractivity (Wildman–Crippen MR) is 84.2 cm³/mol. The molecule has 6 nitrogen and oxygen atoms in total. The summed E-state index contributed by atoms with van der Waals surface area (Å²) < 4.78 is 10.5. The second-order valence-corrected chi connectivity index (χ2v) is 4.70. The van der Waals surface area contributed by atoms with Crippen LogP contribution in [0.4, 0.5) is 0 Å². The van der Waals surface area contributed by atoms with Crippen molar-refractivity contribution in [2.45, 2.75) is 6.04 Å². The molecule has 1 unspecified atom stereocenters. The minimum Gasteiger partial charge on any atom is -0.520 e. The van der Waals surface area contributed by atoms with Crippen molar-refractivity contribution in [3.8, 4) is 22.6 Å². The fourth-order valence-electron chi connectivity index (χ4n) is 1.95. The molecule has 0 bridgehead atoms. The van der Waals surface area contributed by atoms with E-state index in [1.54, 1.807) is 19.2 Å². The number of aliphatic carboxylic acids is 1. The summed E-state index contributed by atoms with van der Waals surface area (Å²) in [6.07, 6.45) is 1.35. The third-order valence-corrected chi connectivity index (χ3v) is 3.23.